The third-order valence-electron chi connectivity index (χ3n) is 2.60. The molecule has 0 aromatic carbocycles. The summed E-state index contributed by atoms with van der Waals surface area (Å²) in [6.45, 7) is 5.79. The van der Waals surface area contributed by atoms with Crippen LogP contribution in [0.25, 0.3) is 0 Å². The number of carboxylic acids is 1. The fraction of sp³-hybridized carbons (Fsp3) is 0.833. The second-order valence-corrected chi connectivity index (χ2v) is 5.82. The largest absolute Gasteiger partial charge is 0.478 e. The quantitative estimate of drug-likeness (QED) is 0.505. The predicted octanol–water partition coefficient (Wildman–Crippen LogP) is 2.47. The molecule has 0 bridgehead atoms. The maximum Gasteiger partial charge on any atom is 0.345 e. The molecule has 0 aliphatic rings. The molecule has 0 heterocycles. The number of carboxylic acid groups (broad SMARTS) is 1. The number of carbonyl (C=O) groups is 2. The van der Waals surface area contributed by atoms with Crippen LogP contribution in [0.5, 0.6) is 0 Å². The highest BCUT2D eigenvalue weighted by Gasteiger charge is 2.25. The second-order valence-electron chi connectivity index (χ2n) is 4.12. The summed E-state index contributed by atoms with van der Waals surface area (Å²) in [6.07, 6.45) is 0.897. The molecular formula is C12H22O4S2. The van der Waals surface area contributed by atoms with Gasteiger partial charge in [0, 0.05) is 16.8 Å². The van der Waals surface area contributed by atoms with E-state index in [0.29, 0.717) is 16.8 Å². The molecule has 2 atom stereocenters. The van der Waals surface area contributed by atoms with Gasteiger partial charge in [-0.05, 0) is 12.8 Å². The molecule has 0 radical (unpaired) electrons. The lowest BCUT2D eigenvalue weighted by Crippen LogP contribution is -2.32. The highest BCUT2D eigenvalue weighted by molar-refractivity contribution is 7.99. The van der Waals surface area contributed by atoms with Crippen molar-refractivity contribution in [3.8, 4) is 0 Å². The number of carbonyl (C=O) groups excluding carboxylic acids is 1. The Morgan fingerprint density at radius 3 is 2.28 bits per heavy atom. The van der Waals surface area contributed by atoms with Gasteiger partial charge in [-0.3, -0.25) is 4.79 Å². The molecule has 0 aromatic rings. The molecular weight excluding hydrogens is 272 g/mol. The van der Waals surface area contributed by atoms with E-state index in [2.05, 4.69) is 26.5 Å². The summed E-state index contributed by atoms with van der Waals surface area (Å²) in [5.74, 6) is -1.32. The number of thioether (sulfide) groups is 1. The average molecular weight is 294 g/mol. The second kappa shape index (κ2) is 9.55. The summed E-state index contributed by atoms with van der Waals surface area (Å²) in [5, 5.41) is 9.44. The van der Waals surface area contributed by atoms with Gasteiger partial charge in [-0.25, -0.2) is 4.79 Å². The molecule has 1 N–H and O–H groups in total. The number of hydrogen-bond donors (Lipinski definition) is 2. The predicted molar refractivity (Wildman–Crippen MR) is 77.4 cm³/mol. The van der Waals surface area contributed by atoms with Crippen molar-refractivity contribution < 1.29 is 19.4 Å². The molecule has 18 heavy (non-hydrogen) atoms. The molecule has 106 valence electrons. The number of esters is 1. The summed E-state index contributed by atoms with van der Waals surface area (Å²) in [5.41, 5.74) is 0. The van der Waals surface area contributed by atoms with E-state index < -0.39 is 18.0 Å². The number of ether oxygens (including phenoxy) is 1. The Morgan fingerprint density at radius 1 is 1.33 bits per heavy atom. The van der Waals surface area contributed by atoms with Gasteiger partial charge in [0.15, 0.2) is 0 Å². The minimum atomic E-state index is -1.09. The monoisotopic (exact) mass is 294 g/mol. The van der Waals surface area contributed by atoms with Crippen molar-refractivity contribution in [3.63, 3.8) is 0 Å². The molecule has 0 aliphatic carbocycles. The van der Waals surface area contributed by atoms with Crippen molar-refractivity contribution in [2.45, 2.75) is 45.0 Å². The van der Waals surface area contributed by atoms with E-state index in [4.69, 9.17) is 9.84 Å². The molecule has 0 aromatic heterocycles. The molecule has 0 fully saturated rings. The summed E-state index contributed by atoms with van der Waals surface area (Å²) in [7, 11) is 0. The summed E-state index contributed by atoms with van der Waals surface area (Å²) >= 11 is 5.53. The van der Waals surface area contributed by atoms with Crippen molar-refractivity contribution in [2.24, 2.45) is 5.92 Å². The molecule has 6 heteroatoms. The van der Waals surface area contributed by atoms with Crippen LogP contribution >= 0.6 is 24.4 Å². The number of aliphatic carboxylic acids is 1. The zero-order valence-corrected chi connectivity index (χ0v) is 12.8. The molecule has 4 nitrogen and oxygen atoms in total. The maximum absolute atomic E-state index is 11.5. The van der Waals surface area contributed by atoms with E-state index in [1.165, 1.54) is 0 Å². The first-order chi connectivity index (χ1) is 8.46. The van der Waals surface area contributed by atoms with Gasteiger partial charge in [-0.1, -0.05) is 20.8 Å². The van der Waals surface area contributed by atoms with E-state index in [9.17, 15) is 9.59 Å². The highest BCUT2D eigenvalue weighted by atomic mass is 32.2. The Morgan fingerprint density at radius 2 is 1.89 bits per heavy atom. The van der Waals surface area contributed by atoms with Crippen LogP contribution in [0.4, 0.5) is 0 Å². The van der Waals surface area contributed by atoms with Gasteiger partial charge >= 0.3 is 11.9 Å². The number of hydrogen-bond acceptors (Lipinski definition) is 5. The van der Waals surface area contributed by atoms with Crippen LogP contribution in [0.3, 0.4) is 0 Å². The Balaban J connectivity index is 4.31. The van der Waals surface area contributed by atoms with Gasteiger partial charge in [-0.15, -0.1) is 0 Å². The molecule has 0 saturated carbocycles. The van der Waals surface area contributed by atoms with E-state index in [-0.39, 0.29) is 5.92 Å². The SMILES string of the molecule is CCC(CC)SCC(OC(=O)[C@@H](C)CS)C(=O)O. The molecule has 0 aliphatic heterocycles. The summed E-state index contributed by atoms with van der Waals surface area (Å²) in [4.78, 5) is 22.6. The average Bonchev–Trinajstić information content (AvgIpc) is 2.36. The third-order valence-corrected chi connectivity index (χ3v) is 4.79. The van der Waals surface area contributed by atoms with Crippen LogP contribution in [-0.2, 0) is 14.3 Å². The molecule has 0 saturated heterocycles. The first-order valence-corrected chi connectivity index (χ1v) is 7.80. The third kappa shape index (κ3) is 6.54. The lowest BCUT2D eigenvalue weighted by Gasteiger charge is -2.18. The smallest absolute Gasteiger partial charge is 0.345 e. The van der Waals surface area contributed by atoms with Gasteiger partial charge in [0.2, 0.25) is 6.10 Å². The van der Waals surface area contributed by atoms with Gasteiger partial charge < -0.3 is 9.84 Å². The van der Waals surface area contributed by atoms with E-state index in [1.54, 1.807) is 18.7 Å². The Hall–Kier alpha value is -0.360. The number of thiol groups is 1. The Labute approximate surface area is 118 Å². The van der Waals surface area contributed by atoms with Crippen LogP contribution in [-0.4, -0.2) is 39.9 Å². The van der Waals surface area contributed by atoms with Crippen molar-refractivity contribution in [2.75, 3.05) is 11.5 Å². The van der Waals surface area contributed by atoms with Crippen LogP contribution in [0.2, 0.25) is 0 Å². The first kappa shape index (κ1) is 17.6. The van der Waals surface area contributed by atoms with Gasteiger partial charge in [0.05, 0.1) is 5.92 Å². The highest BCUT2D eigenvalue weighted by Crippen LogP contribution is 2.20. The molecule has 1 unspecified atom stereocenters. The minimum Gasteiger partial charge on any atom is -0.478 e. The van der Waals surface area contributed by atoms with Crippen LogP contribution in [0.15, 0.2) is 0 Å². The summed E-state index contributed by atoms with van der Waals surface area (Å²) < 4.78 is 5.00. The molecule has 0 rings (SSSR count). The maximum atomic E-state index is 11.5. The van der Waals surface area contributed by atoms with E-state index in [1.807, 2.05) is 0 Å². The van der Waals surface area contributed by atoms with E-state index in [0.717, 1.165) is 12.8 Å². The Kier molecular flexibility index (Phi) is 9.36. The lowest BCUT2D eigenvalue weighted by molar-refractivity contribution is -0.164. The lowest BCUT2D eigenvalue weighted by atomic mass is 10.2. The number of rotatable bonds is 9. The Bertz CT molecular complexity index is 267. The van der Waals surface area contributed by atoms with Gasteiger partial charge in [0.1, 0.15) is 0 Å². The van der Waals surface area contributed by atoms with Crippen molar-refractivity contribution in [1.29, 1.82) is 0 Å². The zero-order valence-electron chi connectivity index (χ0n) is 11.1. The van der Waals surface area contributed by atoms with Crippen molar-refractivity contribution in [1.82, 2.24) is 0 Å². The van der Waals surface area contributed by atoms with Crippen LogP contribution in [0.1, 0.15) is 33.6 Å². The van der Waals surface area contributed by atoms with E-state index >= 15 is 0 Å². The van der Waals surface area contributed by atoms with Gasteiger partial charge in [-0.2, -0.15) is 24.4 Å². The summed E-state index contributed by atoms with van der Waals surface area (Å²) in [6, 6.07) is 0. The van der Waals surface area contributed by atoms with Crippen LogP contribution < -0.4 is 0 Å². The normalized spacial score (nSPS) is 14.3. The zero-order chi connectivity index (χ0) is 14.1. The fourth-order valence-corrected chi connectivity index (χ4v) is 2.51. The van der Waals surface area contributed by atoms with Crippen molar-refractivity contribution in [3.05, 3.63) is 0 Å². The van der Waals surface area contributed by atoms with Crippen LogP contribution in [0, 0.1) is 5.92 Å². The fourth-order valence-electron chi connectivity index (χ4n) is 1.23. The topological polar surface area (TPSA) is 63.6 Å². The van der Waals surface area contributed by atoms with Crippen molar-refractivity contribution >= 4 is 36.3 Å². The molecule has 0 spiro atoms. The molecule has 0 amide bonds. The minimum absolute atomic E-state index is 0.298. The first-order valence-electron chi connectivity index (χ1n) is 6.11. The standard InChI is InChI=1S/C12H22O4S2/c1-4-9(5-2)18-7-10(11(13)14)16-12(15)8(3)6-17/h8-10,17H,4-7H2,1-3H3,(H,13,14)/t8-,10?/m0/s1. The van der Waals surface area contributed by atoms with Gasteiger partial charge in [0.25, 0.3) is 0 Å².